The SMILES string of the molecule is CC1(C)CC(=O)C2=C(C1)OC1=C(C(=O)CC(C)(C)C1)C2c1ccc2ccccc2c1. The summed E-state index contributed by atoms with van der Waals surface area (Å²) < 4.78 is 6.36. The molecule has 3 heteroatoms. The monoisotopic (exact) mass is 400 g/mol. The van der Waals surface area contributed by atoms with E-state index in [1.54, 1.807) is 0 Å². The van der Waals surface area contributed by atoms with E-state index in [-0.39, 0.29) is 28.3 Å². The number of carbonyl (C=O) groups is 2. The van der Waals surface area contributed by atoms with Gasteiger partial charge in [0.05, 0.1) is 0 Å². The number of ether oxygens (including phenoxy) is 1. The van der Waals surface area contributed by atoms with Gasteiger partial charge in [0.1, 0.15) is 11.5 Å². The molecule has 0 atom stereocenters. The minimum Gasteiger partial charge on any atom is -0.465 e. The van der Waals surface area contributed by atoms with Gasteiger partial charge in [-0.2, -0.15) is 0 Å². The van der Waals surface area contributed by atoms with Crippen LogP contribution in [0.15, 0.2) is 65.1 Å². The lowest BCUT2D eigenvalue weighted by atomic mass is 9.65. The predicted octanol–water partition coefficient (Wildman–Crippen LogP) is 6.24. The van der Waals surface area contributed by atoms with Gasteiger partial charge in [0.2, 0.25) is 0 Å². The average Bonchev–Trinajstić information content (AvgIpc) is 2.64. The third-order valence-corrected chi connectivity index (χ3v) is 6.69. The van der Waals surface area contributed by atoms with E-state index in [4.69, 9.17) is 4.74 Å². The van der Waals surface area contributed by atoms with Crippen molar-refractivity contribution in [3.8, 4) is 0 Å². The molecule has 0 radical (unpaired) electrons. The van der Waals surface area contributed by atoms with Crippen LogP contribution in [0.5, 0.6) is 0 Å². The first kappa shape index (κ1) is 19.3. The molecule has 2 aliphatic carbocycles. The quantitative estimate of drug-likeness (QED) is 0.569. The Morgan fingerprint density at radius 2 is 1.27 bits per heavy atom. The molecule has 3 aliphatic rings. The van der Waals surface area contributed by atoms with Crippen LogP contribution in [0, 0.1) is 10.8 Å². The van der Waals surface area contributed by atoms with Crippen LogP contribution in [0.4, 0.5) is 0 Å². The van der Waals surface area contributed by atoms with Crippen LogP contribution in [0.25, 0.3) is 10.8 Å². The van der Waals surface area contributed by atoms with Crippen LogP contribution in [-0.2, 0) is 14.3 Å². The second kappa shape index (κ2) is 6.41. The van der Waals surface area contributed by atoms with Crippen molar-refractivity contribution in [2.24, 2.45) is 10.8 Å². The third kappa shape index (κ3) is 3.12. The van der Waals surface area contributed by atoms with Crippen molar-refractivity contribution in [1.29, 1.82) is 0 Å². The molecule has 0 saturated carbocycles. The summed E-state index contributed by atoms with van der Waals surface area (Å²) in [6, 6.07) is 14.5. The fourth-order valence-corrected chi connectivity index (χ4v) is 5.40. The Morgan fingerprint density at radius 3 is 1.83 bits per heavy atom. The number of allylic oxidation sites excluding steroid dienone is 4. The third-order valence-electron chi connectivity index (χ3n) is 6.69. The molecule has 0 N–H and O–H groups in total. The number of hydrogen-bond acceptors (Lipinski definition) is 3. The molecule has 0 aromatic heterocycles. The van der Waals surface area contributed by atoms with E-state index in [1.165, 1.54) is 0 Å². The van der Waals surface area contributed by atoms with Gasteiger partial charge < -0.3 is 4.74 Å². The molecule has 0 saturated heterocycles. The van der Waals surface area contributed by atoms with Crippen molar-refractivity contribution in [1.82, 2.24) is 0 Å². The number of hydrogen-bond donors (Lipinski definition) is 0. The van der Waals surface area contributed by atoms with Crippen LogP contribution in [0.2, 0.25) is 0 Å². The largest absolute Gasteiger partial charge is 0.465 e. The zero-order chi connectivity index (χ0) is 21.3. The number of Topliss-reactive ketones (excluding diaryl/α,β-unsaturated/α-hetero) is 2. The number of carbonyl (C=O) groups excluding carboxylic acids is 2. The summed E-state index contributed by atoms with van der Waals surface area (Å²) in [6.45, 7) is 8.46. The first-order chi connectivity index (χ1) is 14.1. The molecule has 0 spiro atoms. The zero-order valence-corrected chi connectivity index (χ0v) is 18.2. The van der Waals surface area contributed by atoms with Gasteiger partial charge in [-0.05, 0) is 27.2 Å². The van der Waals surface area contributed by atoms with Crippen LogP contribution in [0.1, 0.15) is 64.9 Å². The van der Waals surface area contributed by atoms with Crippen LogP contribution >= 0.6 is 0 Å². The van der Waals surface area contributed by atoms with Crippen LogP contribution in [-0.4, -0.2) is 11.6 Å². The van der Waals surface area contributed by atoms with Crippen molar-refractivity contribution in [3.63, 3.8) is 0 Å². The van der Waals surface area contributed by atoms with E-state index in [0.717, 1.165) is 40.7 Å². The van der Waals surface area contributed by atoms with E-state index in [9.17, 15) is 9.59 Å². The lowest BCUT2D eigenvalue weighted by Crippen LogP contribution is -2.37. The van der Waals surface area contributed by atoms with Gasteiger partial charge in [-0.3, -0.25) is 9.59 Å². The van der Waals surface area contributed by atoms with Gasteiger partial charge in [0.25, 0.3) is 0 Å². The Morgan fingerprint density at radius 1 is 0.733 bits per heavy atom. The van der Waals surface area contributed by atoms with Gasteiger partial charge in [-0.1, -0.05) is 70.2 Å². The second-order valence-corrected chi connectivity index (χ2v) is 10.7. The second-order valence-electron chi connectivity index (χ2n) is 10.7. The Bertz CT molecular complexity index is 1110. The molecule has 0 fully saturated rings. The Labute approximate surface area is 177 Å². The molecule has 1 heterocycles. The number of ketones is 2. The lowest BCUT2D eigenvalue weighted by molar-refractivity contribution is -0.120. The number of benzene rings is 2. The highest BCUT2D eigenvalue weighted by Crippen LogP contribution is 2.53. The maximum Gasteiger partial charge on any atom is 0.163 e. The van der Waals surface area contributed by atoms with Gasteiger partial charge in [0.15, 0.2) is 11.6 Å². The molecule has 0 unspecified atom stereocenters. The highest BCUT2D eigenvalue weighted by molar-refractivity contribution is 6.06. The standard InChI is InChI=1S/C27H28O3/c1-26(2)12-19(28)24-21(14-26)30-22-15-27(3,4)13-20(29)25(22)23(24)18-10-9-16-7-5-6-8-17(16)11-18/h5-11,23H,12-15H2,1-4H3. The molecule has 2 aromatic rings. The van der Waals surface area contributed by atoms with E-state index in [2.05, 4.69) is 58.0 Å². The molecule has 3 nitrogen and oxygen atoms in total. The highest BCUT2D eigenvalue weighted by Gasteiger charge is 2.47. The molecule has 30 heavy (non-hydrogen) atoms. The summed E-state index contributed by atoms with van der Waals surface area (Å²) in [5.74, 6) is 1.46. The first-order valence-electron chi connectivity index (χ1n) is 10.8. The number of fused-ring (bicyclic) bond motifs is 1. The maximum atomic E-state index is 13.3. The van der Waals surface area contributed by atoms with Crippen LogP contribution in [0.3, 0.4) is 0 Å². The molecule has 0 amide bonds. The first-order valence-corrected chi connectivity index (χ1v) is 10.8. The summed E-state index contributed by atoms with van der Waals surface area (Å²) in [6.07, 6.45) is 2.43. The van der Waals surface area contributed by atoms with Crippen molar-refractivity contribution in [3.05, 3.63) is 70.7 Å². The fourth-order valence-electron chi connectivity index (χ4n) is 5.40. The Kier molecular flexibility index (Phi) is 4.12. The van der Waals surface area contributed by atoms with Crippen molar-refractivity contribution in [2.45, 2.75) is 59.3 Å². The number of rotatable bonds is 1. The average molecular weight is 401 g/mol. The Balaban J connectivity index is 1.73. The van der Waals surface area contributed by atoms with Gasteiger partial charge in [-0.15, -0.1) is 0 Å². The smallest absolute Gasteiger partial charge is 0.163 e. The lowest BCUT2D eigenvalue weighted by Gasteiger charge is -2.42. The van der Waals surface area contributed by atoms with Crippen LogP contribution < -0.4 is 0 Å². The summed E-state index contributed by atoms with van der Waals surface area (Å²) in [5.41, 5.74) is 2.16. The predicted molar refractivity (Wildman–Crippen MR) is 118 cm³/mol. The Hall–Kier alpha value is -2.68. The molecule has 0 bridgehead atoms. The molecular weight excluding hydrogens is 372 g/mol. The molecule has 2 aromatic carbocycles. The minimum atomic E-state index is -0.319. The van der Waals surface area contributed by atoms with Crippen molar-refractivity contribution >= 4 is 22.3 Å². The summed E-state index contributed by atoms with van der Waals surface area (Å²) in [4.78, 5) is 26.7. The molecule has 5 rings (SSSR count). The van der Waals surface area contributed by atoms with Crippen molar-refractivity contribution < 1.29 is 14.3 Å². The van der Waals surface area contributed by atoms with Gasteiger partial charge >= 0.3 is 0 Å². The van der Waals surface area contributed by atoms with E-state index in [0.29, 0.717) is 24.0 Å². The summed E-state index contributed by atoms with van der Waals surface area (Å²) in [7, 11) is 0. The van der Waals surface area contributed by atoms with E-state index < -0.39 is 0 Å². The normalized spacial score (nSPS) is 23.3. The minimum absolute atomic E-state index is 0.114. The maximum absolute atomic E-state index is 13.3. The molecular formula is C27H28O3. The topological polar surface area (TPSA) is 43.4 Å². The highest BCUT2D eigenvalue weighted by atomic mass is 16.5. The van der Waals surface area contributed by atoms with E-state index >= 15 is 0 Å². The van der Waals surface area contributed by atoms with E-state index in [1.807, 2.05) is 12.1 Å². The van der Waals surface area contributed by atoms with Gasteiger partial charge in [0, 0.05) is 42.7 Å². The molecule has 154 valence electrons. The van der Waals surface area contributed by atoms with Crippen molar-refractivity contribution in [2.75, 3.05) is 0 Å². The fraction of sp³-hybridized carbons (Fsp3) is 0.407. The summed E-state index contributed by atoms with van der Waals surface area (Å²) >= 11 is 0. The summed E-state index contributed by atoms with van der Waals surface area (Å²) in [5, 5.41) is 2.28. The zero-order valence-electron chi connectivity index (χ0n) is 18.2. The molecule has 1 aliphatic heterocycles. The van der Waals surface area contributed by atoms with Gasteiger partial charge in [-0.25, -0.2) is 0 Å².